The maximum Gasteiger partial charge on any atom is 0.360 e. The molecule has 0 rings (SSSR count). The largest absolute Gasteiger partial charge is 0.360 e. The molecule has 0 N–H and O–H groups in total. The van der Waals surface area contributed by atoms with Gasteiger partial charge in [-0.3, -0.25) is 0 Å². The highest BCUT2D eigenvalue weighted by molar-refractivity contribution is 8.93. The highest BCUT2D eigenvalue weighted by Crippen LogP contribution is 1.88. The standard InChI is InChI=1S/C5H9.CH3.BrH.Mg/c1-3-5-4-2;;;/h4-5H,1,3H2,2H3;1H3;1H;. The predicted octanol–water partition coefficient (Wildman–Crippen LogP) is 2.70. The zero-order valence-electron chi connectivity index (χ0n) is 5.68. The molecule has 0 unspecified atom stereocenters. The Morgan fingerprint density at radius 2 is 2.12 bits per heavy atom. The van der Waals surface area contributed by atoms with E-state index in [9.17, 15) is 0 Å². The first-order valence-corrected chi connectivity index (χ1v) is 5.44. The van der Waals surface area contributed by atoms with Crippen LogP contribution in [-0.4, -0.2) is 20.4 Å². The van der Waals surface area contributed by atoms with Gasteiger partial charge in [0.25, 0.3) is 0 Å². The molecule has 0 aromatic rings. The number of hydrogen-bond acceptors (Lipinski definition) is 0. The second-order valence-electron chi connectivity index (χ2n) is 1.71. The summed E-state index contributed by atoms with van der Waals surface area (Å²) in [5.74, 6) is 0. The van der Waals surface area contributed by atoms with E-state index < -0.39 is 0 Å². The van der Waals surface area contributed by atoms with Gasteiger partial charge in [0.1, 0.15) is 0 Å². The summed E-state index contributed by atoms with van der Waals surface area (Å²) < 4.78 is 1.48. The third-order valence-electron chi connectivity index (χ3n) is 0.960. The molecule has 0 aliphatic heterocycles. The van der Waals surface area contributed by atoms with Gasteiger partial charge < -0.3 is 0 Å². The van der Waals surface area contributed by atoms with Crippen molar-refractivity contribution in [1.82, 2.24) is 0 Å². The molecule has 0 aromatic heterocycles. The first kappa shape index (κ1) is 11.7. The van der Waals surface area contributed by atoms with Crippen LogP contribution in [-0.2, 0) is 0 Å². The molecule has 0 amide bonds. The smallest absolute Gasteiger partial charge is 0.157 e. The maximum atomic E-state index is 2.35. The van der Waals surface area contributed by atoms with Crippen LogP contribution in [0.3, 0.4) is 0 Å². The van der Waals surface area contributed by atoms with E-state index in [1.807, 2.05) is 0 Å². The van der Waals surface area contributed by atoms with Gasteiger partial charge in [0.05, 0.1) is 0 Å². The summed E-state index contributed by atoms with van der Waals surface area (Å²) in [5.41, 5.74) is 0. The van der Waals surface area contributed by atoms with E-state index in [1.165, 1.54) is 11.0 Å². The van der Waals surface area contributed by atoms with Gasteiger partial charge in [-0.25, -0.2) is 0 Å². The highest BCUT2D eigenvalue weighted by Gasteiger charge is 1.79. The third kappa shape index (κ3) is 10.1. The number of halogens is 1. The Morgan fingerprint density at radius 3 is 2.50 bits per heavy atom. The Labute approximate surface area is 72.2 Å². The summed E-state index contributed by atoms with van der Waals surface area (Å²) in [6.45, 7) is 2.08. The summed E-state index contributed by atoms with van der Waals surface area (Å²) in [7, 11) is 0. The normalized spacial score (nSPS) is 8.25. The fourth-order valence-electron chi connectivity index (χ4n) is 0.489. The predicted molar refractivity (Wildman–Crippen MR) is 46.2 cm³/mol. The summed E-state index contributed by atoms with van der Waals surface area (Å²) in [6.07, 6.45) is 5.69. The summed E-state index contributed by atoms with van der Waals surface area (Å²) >= 11 is 0.342. The lowest BCUT2D eigenvalue weighted by Gasteiger charge is -1.81. The van der Waals surface area contributed by atoms with E-state index in [-0.39, 0.29) is 17.0 Å². The molecule has 8 heavy (non-hydrogen) atoms. The zero-order chi connectivity index (χ0) is 5.54. The lowest BCUT2D eigenvalue weighted by molar-refractivity contribution is 1.20. The Morgan fingerprint density at radius 1 is 1.50 bits per heavy atom. The fraction of sp³-hybridized carbons (Fsp3) is 0.667. The molecule has 46 valence electrons. The van der Waals surface area contributed by atoms with Gasteiger partial charge in [-0.2, -0.15) is 5.05 Å². The summed E-state index contributed by atoms with van der Waals surface area (Å²) in [5, 5.41) is 2.35. The summed E-state index contributed by atoms with van der Waals surface area (Å²) in [4.78, 5) is 0. The molecule has 0 saturated heterocycles. The number of hydrogen-bond donors (Lipinski definition) is 0. The van der Waals surface area contributed by atoms with Crippen LogP contribution in [0.1, 0.15) is 13.3 Å². The zero-order valence-corrected chi connectivity index (χ0v) is 8.81. The molecule has 0 nitrogen and oxygen atoms in total. The second kappa shape index (κ2) is 10.9. The molecule has 0 aliphatic rings. The van der Waals surface area contributed by atoms with E-state index in [0.29, 0.717) is 20.4 Å². The van der Waals surface area contributed by atoms with Crippen LogP contribution in [0, 0.1) is 0 Å². The average molecular weight is 189 g/mol. The van der Waals surface area contributed by atoms with Crippen LogP contribution in [0.4, 0.5) is 0 Å². The van der Waals surface area contributed by atoms with Crippen molar-refractivity contribution in [2.45, 2.75) is 22.9 Å². The van der Waals surface area contributed by atoms with Crippen LogP contribution < -0.4 is 0 Å². The molecule has 0 bridgehead atoms. The maximum absolute atomic E-state index is 2.35. The molecule has 0 atom stereocenters. The van der Waals surface area contributed by atoms with Crippen molar-refractivity contribution in [3.05, 3.63) is 12.2 Å². The van der Waals surface area contributed by atoms with Crippen molar-refractivity contribution in [2.24, 2.45) is 0 Å². The fourth-order valence-corrected chi connectivity index (χ4v) is 1.13. The first-order valence-electron chi connectivity index (χ1n) is 3.03. The number of rotatable bonds is 3. The summed E-state index contributed by atoms with van der Waals surface area (Å²) in [6, 6.07) is 0. The molecule has 0 heterocycles. The van der Waals surface area contributed by atoms with Crippen LogP contribution in [0.15, 0.2) is 12.2 Å². The third-order valence-corrected chi connectivity index (χ3v) is 2.08. The average Bonchev–Trinajstić information content (AvgIpc) is 1.69. The van der Waals surface area contributed by atoms with Gasteiger partial charge in [0, 0.05) is 0 Å². The van der Waals surface area contributed by atoms with Crippen LogP contribution >= 0.6 is 17.0 Å². The SMILES string of the molecule is Br.CC=CC[CH2][Mg][CH3]. The molecular formula is C6H13BrMg. The van der Waals surface area contributed by atoms with E-state index in [2.05, 4.69) is 24.1 Å². The molecular weight excluding hydrogens is 176 g/mol. The van der Waals surface area contributed by atoms with Gasteiger partial charge in [0.15, 0.2) is 0 Å². The van der Waals surface area contributed by atoms with E-state index >= 15 is 0 Å². The van der Waals surface area contributed by atoms with Gasteiger partial charge in [0.2, 0.25) is 0 Å². The second-order valence-corrected chi connectivity index (χ2v) is 3.42. The lowest BCUT2D eigenvalue weighted by atomic mass is 10.4. The van der Waals surface area contributed by atoms with Crippen LogP contribution in [0.5, 0.6) is 0 Å². The lowest BCUT2D eigenvalue weighted by Crippen LogP contribution is -1.75. The van der Waals surface area contributed by atoms with Gasteiger partial charge >= 0.3 is 20.4 Å². The minimum Gasteiger partial charge on any atom is -0.157 e. The topological polar surface area (TPSA) is 0 Å². The van der Waals surface area contributed by atoms with E-state index in [0.717, 1.165) is 0 Å². The molecule has 0 fully saturated rings. The highest BCUT2D eigenvalue weighted by atomic mass is 79.9. The van der Waals surface area contributed by atoms with Crippen molar-refractivity contribution < 1.29 is 0 Å². The molecule has 2 heteroatoms. The Hall–Kier alpha value is 0.986. The van der Waals surface area contributed by atoms with Gasteiger partial charge in [-0.15, -0.1) is 21.5 Å². The Kier molecular flexibility index (Phi) is 16.0. The van der Waals surface area contributed by atoms with Crippen molar-refractivity contribution in [1.29, 1.82) is 0 Å². The van der Waals surface area contributed by atoms with E-state index in [1.54, 1.807) is 0 Å². The van der Waals surface area contributed by atoms with Gasteiger partial charge in [-0.1, -0.05) is 18.6 Å². The Bertz CT molecular complexity index is 52.5. The number of allylic oxidation sites excluding steroid dienone is 2. The molecule has 0 saturated carbocycles. The van der Waals surface area contributed by atoms with Crippen molar-refractivity contribution >= 4 is 37.3 Å². The molecule has 0 radical (unpaired) electrons. The van der Waals surface area contributed by atoms with Crippen LogP contribution in [0.2, 0.25) is 9.60 Å². The Balaban J connectivity index is 0. The minimum absolute atomic E-state index is 0. The molecule has 0 aliphatic carbocycles. The van der Waals surface area contributed by atoms with Gasteiger partial charge in [-0.05, 0) is 6.92 Å². The van der Waals surface area contributed by atoms with Crippen LogP contribution in [0.25, 0.3) is 0 Å². The quantitative estimate of drug-likeness (QED) is 0.364. The first-order chi connectivity index (χ1) is 3.41. The van der Waals surface area contributed by atoms with Crippen molar-refractivity contribution in [2.75, 3.05) is 0 Å². The van der Waals surface area contributed by atoms with E-state index in [4.69, 9.17) is 0 Å². The minimum atomic E-state index is 0. The molecule has 0 spiro atoms. The van der Waals surface area contributed by atoms with Crippen molar-refractivity contribution in [3.8, 4) is 0 Å². The molecule has 0 aromatic carbocycles. The van der Waals surface area contributed by atoms with Crippen molar-refractivity contribution in [3.63, 3.8) is 0 Å². The monoisotopic (exact) mass is 188 g/mol.